The molecule has 0 saturated heterocycles. The van der Waals surface area contributed by atoms with Gasteiger partial charge in [-0.15, -0.1) is 0 Å². The number of nitrogens with two attached hydrogens (primary N) is 2. The standard InChI is InChI=1S/C41H35N7/c1-26-44-35-18-10-11-19-36(35)48(26)30-22-20-27(21-23-30)31-24-25-33(38(43)37(31)42)32-16-8-9-17-34(32)41-46-39(28-12-4-2-5-13-28)45-40(47-41)29-14-6-3-7-15-29/h2-26,41,44H,42-43H2,1H3,(H,45,46,47). The Morgan fingerprint density at radius 2 is 1.10 bits per heavy atom. The Kier molecular flexibility index (Phi) is 7.34. The summed E-state index contributed by atoms with van der Waals surface area (Å²) in [4.78, 5) is 12.5. The third-order valence-electron chi connectivity index (χ3n) is 9.02. The molecule has 0 aliphatic carbocycles. The SMILES string of the molecule is CC1Nc2ccccc2N1c1ccc(-c2ccc(-c3ccccc3C3N=C(c4ccccc4)NC(c4ccccc4)=N3)c(N)c2N)cc1. The molecule has 2 aliphatic rings. The van der Waals surface area contributed by atoms with E-state index in [9.17, 15) is 0 Å². The average molecular weight is 626 g/mol. The second-order valence-electron chi connectivity index (χ2n) is 12.0. The first-order valence-electron chi connectivity index (χ1n) is 16.1. The van der Waals surface area contributed by atoms with Crippen molar-refractivity contribution in [3.05, 3.63) is 162 Å². The van der Waals surface area contributed by atoms with Crippen LogP contribution in [0.4, 0.5) is 28.4 Å². The van der Waals surface area contributed by atoms with E-state index in [1.54, 1.807) is 0 Å². The number of para-hydroxylation sites is 2. The molecule has 0 radical (unpaired) electrons. The first kappa shape index (κ1) is 29.1. The van der Waals surface area contributed by atoms with E-state index in [-0.39, 0.29) is 6.17 Å². The summed E-state index contributed by atoms with van der Waals surface area (Å²) in [7, 11) is 0. The van der Waals surface area contributed by atoms with E-state index in [1.807, 2.05) is 72.8 Å². The van der Waals surface area contributed by atoms with Gasteiger partial charge in [0.05, 0.1) is 22.7 Å². The van der Waals surface area contributed by atoms with Crippen LogP contribution in [0.3, 0.4) is 0 Å². The zero-order chi connectivity index (χ0) is 32.6. The summed E-state index contributed by atoms with van der Waals surface area (Å²) in [5.74, 6) is 1.52. The molecule has 6 aromatic carbocycles. The van der Waals surface area contributed by atoms with Crippen molar-refractivity contribution in [2.75, 3.05) is 21.7 Å². The molecule has 0 aromatic heterocycles. The van der Waals surface area contributed by atoms with E-state index in [1.165, 1.54) is 5.69 Å². The first-order chi connectivity index (χ1) is 23.5. The fourth-order valence-electron chi connectivity index (χ4n) is 6.63. The molecule has 0 fully saturated rings. The van der Waals surface area contributed by atoms with E-state index in [2.05, 4.69) is 95.3 Å². The Morgan fingerprint density at radius 3 is 1.79 bits per heavy atom. The quantitative estimate of drug-likeness (QED) is 0.139. The van der Waals surface area contributed by atoms with Crippen molar-refractivity contribution >= 4 is 40.1 Å². The fraction of sp³-hybridized carbons (Fsp3) is 0.0732. The van der Waals surface area contributed by atoms with Gasteiger partial charge in [-0.3, -0.25) is 0 Å². The lowest BCUT2D eigenvalue weighted by molar-refractivity contribution is 0.757. The molecule has 7 nitrogen and oxygen atoms in total. The fourth-order valence-corrected chi connectivity index (χ4v) is 6.63. The number of nitrogens with zero attached hydrogens (tertiary/aromatic N) is 3. The molecular formula is C41H35N7. The molecule has 2 aliphatic heterocycles. The summed E-state index contributed by atoms with van der Waals surface area (Å²) in [6.07, 6.45) is -0.345. The maximum Gasteiger partial charge on any atom is 0.170 e. The molecule has 1 atom stereocenters. The van der Waals surface area contributed by atoms with Gasteiger partial charge in [-0.2, -0.15) is 0 Å². The minimum Gasteiger partial charge on any atom is -0.397 e. The third kappa shape index (κ3) is 5.21. The second-order valence-corrected chi connectivity index (χ2v) is 12.0. The highest BCUT2D eigenvalue weighted by Crippen LogP contribution is 2.43. The predicted octanol–water partition coefficient (Wildman–Crippen LogP) is 8.59. The molecule has 2 heterocycles. The molecule has 0 bridgehead atoms. The van der Waals surface area contributed by atoms with Crippen molar-refractivity contribution in [1.29, 1.82) is 0 Å². The van der Waals surface area contributed by atoms with Crippen LogP contribution in [0.15, 0.2) is 156 Å². The maximum atomic E-state index is 6.86. The van der Waals surface area contributed by atoms with Crippen molar-refractivity contribution in [2.45, 2.75) is 19.3 Å². The van der Waals surface area contributed by atoms with Crippen LogP contribution in [-0.2, 0) is 0 Å². The van der Waals surface area contributed by atoms with Crippen LogP contribution in [0.2, 0.25) is 0 Å². The summed E-state index contributed by atoms with van der Waals surface area (Å²) in [6, 6.07) is 49.4. The number of hydrogen-bond acceptors (Lipinski definition) is 7. The Morgan fingerprint density at radius 1 is 0.542 bits per heavy atom. The predicted molar refractivity (Wildman–Crippen MR) is 200 cm³/mol. The summed E-state index contributed by atoms with van der Waals surface area (Å²) < 4.78 is 0. The minimum absolute atomic E-state index is 0.148. The minimum atomic E-state index is -0.492. The van der Waals surface area contributed by atoms with E-state index in [0.29, 0.717) is 11.4 Å². The highest BCUT2D eigenvalue weighted by Gasteiger charge is 2.27. The van der Waals surface area contributed by atoms with Gasteiger partial charge in [0.1, 0.15) is 17.8 Å². The lowest BCUT2D eigenvalue weighted by Crippen LogP contribution is -2.36. The lowest BCUT2D eigenvalue weighted by Gasteiger charge is -2.25. The van der Waals surface area contributed by atoms with Crippen molar-refractivity contribution in [3.63, 3.8) is 0 Å². The van der Waals surface area contributed by atoms with Crippen LogP contribution < -0.4 is 27.0 Å². The Bertz CT molecular complexity index is 2120. The lowest BCUT2D eigenvalue weighted by atomic mass is 9.92. The van der Waals surface area contributed by atoms with Gasteiger partial charge in [-0.05, 0) is 42.3 Å². The smallest absolute Gasteiger partial charge is 0.170 e. The number of anilines is 5. The van der Waals surface area contributed by atoms with Gasteiger partial charge in [0.25, 0.3) is 0 Å². The summed E-state index contributed by atoms with van der Waals surface area (Å²) >= 11 is 0. The maximum absolute atomic E-state index is 6.86. The summed E-state index contributed by atoms with van der Waals surface area (Å²) in [6.45, 7) is 2.16. The molecule has 0 amide bonds. The van der Waals surface area contributed by atoms with Crippen molar-refractivity contribution in [1.82, 2.24) is 5.32 Å². The van der Waals surface area contributed by atoms with Gasteiger partial charge in [-0.25, -0.2) is 9.98 Å². The van der Waals surface area contributed by atoms with Gasteiger partial charge in [0.15, 0.2) is 6.17 Å². The van der Waals surface area contributed by atoms with Crippen LogP contribution >= 0.6 is 0 Å². The highest BCUT2D eigenvalue weighted by atomic mass is 15.3. The number of amidine groups is 2. The van der Waals surface area contributed by atoms with E-state index < -0.39 is 6.17 Å². The molecule has 8 rings (SSSR count). The molecule has 48 heavy (non-hydrogen) atoms. The number of hydrogen-bond donors (Lipinski definition) is 4. The molecule has 6 aromatic rings. The molecule has 0 spiro atoms. The zero-order valence-electron chi connectivity index (χ0n) is 26.5. The van der Waals surface area contributed by atoms with Gasteiger partial charge in [-0.1, -0.05) is 121 Å². The largest absolute Gasteiger partial charge is 0.397 e. The monoisotopic (exact) mass is 625 g/mol. The van der Waals surface area contributed by atoms with Crippen LogP contribution in [0, 0.1) is 0 Å². The Labute approximate surface area is 280 Å². The molecule has 6 N–H and O–H groups in total. The van der Waals surface area contributed by atoms with Crippen LogP contribution in [0.25, 0.3) is 22.3 Å². The van der Waals surface area contributed by atoms with Crippen molar-refractivity contribution in [2.24, 2.45) is 9.98 Å². The number of fused-ring (bicyclic) bond motifs is 1. The van der Waals surface area contributed by atoms with E-state index in [4.69, 9.17) is 21.5 Å². The van der Waals surface area contributed by atoms with Crippen LogP contribution in [0.1, 0.15) is 29.8 Å². The average Bonchev–Trinajstić information content (AvgIpc) is 3.49. The molecule has 0 saturated carbocycles. The Balaban J connectivity index is 1.15. The zero-order valence-corrected chi connectivity index (χ0v) is 26.5. The first-order valence-corrected chi connectivity index (χ1v) is 16.1. The summed E-state index contributed by atoms with van der Waals surface area (Å²) in [5, 5.41) is 7.02. The summed E-state index contributed by atoms with van der Waals surface area (Å²) in [5.41, 5.74) is 24.8. The van der Waals surface area contributed by atoms with Gasteiger partial charge in [0.2, 0.25) is 0 Å². The molecular weight excluding hydrogens is 591 g/mol. The number of nitrogen functional groups attached to an aromatic ring is 2. The van der Waals surface area contributed by atoms with E-state index >= 15 is 0 Å². The second kappa shape index (κ2) is 12.1. The molecule has 234 valence electrons. The topological polar surface area (TPSA) is 104 Å². The number of aliphatic imine (C=N–C) groups is 2. The molecule has 1 unspecified atom stereocenters. The van der Waals surface area contributed by atoms with Crippen molar-refractivity contribution in [3.8, 4) is 22.3 Å². The number of nitrogens with one attached hydrogen (secondary N) is 2. The van der Waals surface area contributed by atoms with Gasteiger partial charge in [0, 0.05) is 33.5 Å². The van der Waals surface area contributed by atoms with Gasteiger partial charge < -0.3 is 27.0 Å². The molecule has 7 heteroatoms. The normalized spacial score (nSPS) is 15.6. The van der Waals surface area contributed by atoms with Crippen LogP contribution in [0.5, 0.6) is 0 Å². The van der Waals surface area contributed by atoms with Crippen LogP contribution in [-0.4, -0.2) is 17.8 Å². The number of benzene rings is 6. The van der Waals surface area contributed by atoms with E-state index in [0.717, 1.165) is 62.0 Å². The van der Waals surface area contributed by atoms with Gasteiger partial charge >= 0.3 is 0 Å². The number of rotatable bonds is 6. The highest BCUT2D eigenvalue weighted by molar-refractivity contribution is 6.16. The Hall–Kier alpha value is -6.34. The third-order valence-corrected chi connectivity index (χ3v) is 9.02. The van der Waals surface area contributed by atoms with Crippen molar-refractivity contribution < 1.29 is 0 Å².